The van der Waals surface area contributed by atoms with E-state index in [0.29, 0.717) is 19.4 Å². The van der Waals surface area contributed by atoms with Crippen LogP contribution < -0.4 is 10.6 Å². The van der Waals surface area contributed by atoms with E-state index in [-0.39, 0.29) is 24.1 Å². The van der Waals surface area contributed by atoms with Gasteiger partial charge in [0.1, 0.15) is 0 Å². The molecule has 2 atom stereocenters. The van der Waals surface area contributed by atoms with Gasteiger partial charge in [0.05, 0.1) is 13.2 Å². The summed E-state index contributed by atoms with van der Waals surface area (Å²) >= 11 is 0. The van der Waals surface area contributed by atoms with Crippen LogP contribution >= 0.6 is 0 Å². The Balaban J connectivity index is 2.36. The zero-order valence-corrected chi connectivity index (χ0v) is 10.8. The minimum absolute atomic E-state index is 0.0193. The van der Waals surface area contributed by atoms with Crippen molar-refractivity contribution in [2.24, 2.45) is 0 Å². The summed E-state index contributed by atoms with van der Waals surface area (Å²) in [5.74, 6) is 0.0193. The Bertz CT molecular complexity index is 242. The predicted molar refractivity (Wildman–Crippen MR) is 65.8 cm³/mol. The van der Waals surface area contributed by atoms with Gasteiger partial charge in [-0.25, -0.2) is 0 Å². The number of aliphatic hydroxyl groups is 1. The van der Waals surface area contributed by atoms with E-state index in [2.05, 4.69) is 10.6 Å². The highest BCUT2D eigenvalue weighted by molar-refractivity contribution is 5.77. The number of ether oxygens (including phenoxy) is 1. The van der Waals surface area contributed by atoms with E-state index < -0.39 is 0 Å². The van der Waals surface area contributed by atoms with Gasteiger partial charge >= 0.3 is 0 Å². The molecular weight excluding hydrogens is 220 g/mol. The number of hydrogen-bond acceptors (Lipinski definition) is 4. The summed E-state index contributed by atoms with van der Waals surface area (Å²) in [6.45, 7) is 6.18. The lowest BCUT2D eigenvalue weighted by Gasteiger charge is -2.30. The molecule has 0 spiro atoms. The van der Waals surface area contributed by atoms with Crippen molar-refractivity contribution in [3.05, 3.63) is 0 Å². The minimum atomic E-state index is -0.304. The number of carbonyl (C=O) groups excluding carboxylic acids is 1. The lowest BCUT2D eigenvalue weighted by atomic mass is 9.94. The van der Waals surface area contributed by atoms with Crippen LogP contribution in [-0.4, -0.2) is 49.0 Å². The quantitative estimate of drug-likeness (QED) is 0.616. The lowest BCUT2D eigenvalue weighted by Crippen LogP contribution is -2.50. The van der Waals surface area contributed by atoms with Crippen molar-refractivity contribution in [1.82, 2.24) is 10.6 Å². The fraction of sp³-hybridized carbons (Fsp3) is 0.917. The Morgan fingerprint density at radius 3 is 2.94 bits per heavy atom. The van der Waals surface area contributed by atoms with Crippen molar-refractivity contribution < 1.29 is 14.6 Å². The second-order valence-electron chi connectivity index (χ2n) is 4.87. The number of nitrogens with one attached hydrogen (secondary N) is 2. The molecule has 1 amide bonds. The van der Waals surface area contributed by atoms with Gasteiger partial charge in [0, 0.05) is 31.2 Å². The largest absolute Gasteiger partial charge is 0.396 e. The van der Waals surface area contributed by atoms with Crippen LogP contribution in [0, 0.1) is 0 Å². The van der Waals surface area contributed by atoms with E-state index in [9.17, 15) is 4.79 Å². The molecule has 0 aromatic carbocycles. The lowest BCUT2D eigenvalue weighted by molar-refractivity contribution is -0.124. The number of rotatable bonds is 6. The first-order valence-corrected chi connectivity index (χ1v) is 6.32. The van der Waals surface area contributed by atoms with Gasteiger partial charge in [-0.1, -0.05) is 6.92 Å². The molecule has 0 radical (unpaired) electrons. The molecule has 1 rings (SSSR count). The molecule has 1 fully saturated rings. The van der Waals surface area contributed by atoms with Gasteiger partial charge in [-0.2, -0.15) is 0 Å². The van der Waals surface area contributed by atoms with Crippen LogP contribution in [0.5, 0.6) is 0 Å². The number of amides is 1. The van der Waals surface area contributed by atoms with Crippen molar-refractivity contribution >= 4 is 5.91 Å². The van der Waals surface area contributed by atoms with Crippen molar-refractivity contribution in [2.45, 2.75) is 44.7 Å². The van der Waals surface area contributed by atoms with E-state index in [1.807, 2.05) is 13.8 Å². The van der Waals surface area contributed by atoms with Crippen LogP contribution in [0.4, 0.5) is 0 Å². The zero-order valence-electron chi connectivity index (χ0n) is 10.8. The summed E-state index contributed by atoms with van der Waals surface area (Å²) < 4.78 is 5.30. The van der Waals surface area contributed by atoms with Gasteiger partial charge in [-0.15, -0.1) is 0 Å². The topological polar surface area (TPSA) is 70.6 Å². The molecule has 0 saturated carbocycles. The molecule has 0 aromatic heterocycles. The standard InChI is InChI=1S/C12H24N2O3/c1-3-12(2,4-6-15)14-11(16)8-10-9-17-7-5-13-10/h10,13,15H,3-9H2,1-2H3,(H,14,16). The summed E-state index contributed by atoms with van der Waals surface area (Å²) in [6, 6.07) is 0.110. The molecule has 1 saturated heterocycles. The maximum Gasteiger partial charge on any atom is 0.222 e. The Morgan fingerprint density at radius 2 is 2.41 bits per heavy atom. The molecule has 0 aliphatic carbocycles. The third kappa shape index (κ3) is 5.02. The fourth-order valence-electron chi connectivity index (χ4n) is 1.94. The van der Waals surface area contributed by atoms with Gasteiger partial charge < -0.3 is 20.5 Å². The van der Waals surface area contributed by atoms with E-state index in [4.69, 9.17) is 9.84 Å². The maximum atomic E-state index is 11.9. The molecule has 100 valence electrons. The van der Waals surface area contributed by atoms with E-state index >= 15 is 0 Å². The Hall–Kier alpha value is -0.650. The molecule has 3 N–H and O–H groups in total. The number of aliphatic hydroxyl groups excluding tert-OH is 1. The predicted octanol–water partition coefficient (Wildman–Crippen LogP) is 0.0322. The van der Waals surface area contributed by atoms with Crippen molar-refractivity contribution in [2.75, 3.05) is 26.4 Å². The summed E-state index contributed by atoms with van der Waals surface area (Å²) in [5.41, 5.74) is -0.304. The molecule has 1 aliphatic rings. The molecule has 0 bridgehead atoms. The molecule has 0 aromatic rings. The van der Waals surface area contributed by atoms with Gasteiger partial charge in [-0.3, -0.25) is 4.79 Å². The van der Waals surface area contributed by atoms with Crippen molar-refractivity contribution in [1.29, 1.82) is 0 Å². The Kier molecular flexibility index (Phi) is 5.88. The molecule has 17 heavy (non-hydrogen) atoms. The number of morpholine rings is 1. The van der Waals surface area contributed by atoms with Crippen LogP contribution in [0.15, 0.2) is 0 Å². The molecule has 2 unspecified atom stereocenters. The third-order valence-electron chi connectivity index (χ3n) is 3.32. The van der Waals surface area contributed by atoms with E-state index in [1.165, 1.54) is 0 Å². The monoisotopic (exact) mass is 244 g/mol. The van der Waals surface area contributed by atoms with Gasteiger partial charge in [-0.05, 0) is 19.8 Å². The highest BCUT2D eigenvalue weighted by atomic mass is 16.5. The normalized spacial score (nSPS) is 24.1. The van der Waals surface area contributed by atoms with Crippen LogP contribution in [0.3, 0.4) is 0 Å². The van der Waals surface area contributed by atoms with E-state index in [0.717, 1.165) is 19.6 Å². The minimum Gasteiger partial charge on any atom is -0.396 e. The molecule has 5 heteroatoms. The Labute approximate surface area is 103 Å². The highest BCUT2D eigenvalue weighted by Crippen LogP contribution is 2.14. The Morgan fingerprint density at radius 1 is 1.65 bits per heavy atom. The summed E-state index contributed by atoms with van der Waals surface area (Å²) in [5, 5.41) is 15.2. The summed E-state index contributed by atoms with van der Waals surface area (Å²) in [4.78, 5) is 11.9. The first kappa shape index (κ1) is 14.4. The first-order valence-electron chi connectivity index (χ1n) is 6.32. The van der Waals surface area contributed by atoms with Gasteiger partial charge in [0.2, 0.25) is 5.91 Å². The number of carbonyl (C=O) groups is 1. The van der Waals surface area contributed by atoms with Crippen LogP contribution in [-0.2, 0) is 9.53 Å². The fourth-order valence-corrected chi connectivity index (χ4v) is 1.94. The summed E-state index contributed by atoms with van der Waals surface area (Å²) in [7, 11) is 0. The second kappa shape index (κ2) is 6.93. The van der Waals surface area contributed by atoms with Gasteiger partial charge in [0.15, 0.2) is 0 Å². The molecule has 1 aliphatic heterocycles. The van der Waals surface area contributed by atoms with Crippen LogP contribution in [0.25, 0.3) is 0 Å². The highest BCUT2D eigenvalue weighted by Gasteiger charge is 2.25. The average molecular weight is 244 g/mol. The van der Waals surface area contributed by atoms with Crippen molar-refractivity contribution in [3.63, 3.8) is 0 Å². The summed E-state index contributed by atoms with van der Waals surface area (Å²) in [6.07, 6.45) is 1.83. The van der Waals surface area contributed by atoms with Crippen LogP contribution in [0.2, 0.25) is 0 Å². The smallest absolute Gasteiger partial charge is 0.222 e. The SMILES string of the molecule is CCC(C)(CCO)NC(=O)CC1COCCN1. The zero-order chi connectivity index (χ0) is 12.7. The third-order valence-corrected chi connectivity index (χ3v) is 3.32. The van der Waals surface area contributed by atoms with Crippen molar-refractivity contribution in [3.8, 4) is 0 Å². The maximum absolute atomic E-state index is 11.9. The average Bonchev–Trinajstić information content (AvgIpc) is 2.30. The molecular formula is C12H24N2O3. The van der Waals surface area contributed by atoms with Gasteiger partial charge in [0.25, 0.3) is 0 Å². The molecule has 5 nitrogen and oxygen atoms in total. The molecule has 1 heterocycles. The second-order valence-corrected chi connectivity index (χ2v) is 4.87. The van der Waals surface area contributed by atoms with Crippen LogP contribution in [0.1, 0.15) is 33.1 Å². The first-order chi connectivity index (χ1) is 8.09. The number of hydrogen-bond donors (Lipinski definition) is 3. The van der Waals surface area contributed by atoms with E-state index in [1.54, 1.807) is 0 Å².